The molecule has 0 fully saturated rings. The molecular formula is C15H31N3O3. The van der Waals surface area contributed by atoms with Gasteiger partial charge in [0.1, 0.15) is 6.04 Å². The number of carboxylic acids is 1. The fourth-order valence-electron chi connectivity index (χ4n) is 1.85. The Hall–Kier alpha value is -1.30. The summed E-state index contributed by atoms with van der Waals surface area (Å²) in [5.74, 6) is -0.986. The minimum Gasteiger partial charge on any atom is -0.480 e. The second-order valence-electron chi connectivity index (χ2n) is 6.32. The van der Waals surface area contributed by atoms with Gasteiger partial charge in [0.2, 0.25) is 0 Å². The number of carboxylic acid groups (broad SMARTS) is 1. The predicted octanol–water partition coefficient (Wildman–Crippen LogP) is 2.10. The molecule has 0 aliphatic rings. The summed E-state index contributed by atoms with van der Waals surface area (Å²) in [4.78, 5) is 22.5. The molecular weight excluding hydrogens is 270 g/mol. The van der Waals surface area contributed by atoms with E-state index in [4.69, 9.17) is 5.11 Å². The summed E-state index contributed by atoms with van der Waals surface area (Å²) >= 11 is 0. The van der Waals surface area contributed by atoms with E-state index < -0.39 is 18.0 Å². The Kier molecular flexibility index (Phi) is 9.78. The number of unbranched alkanes of at least 4 members (excludes halogenated alkanes) is 2. The second kappa shape index (κ2) is 10.4. The van der Waals surface area contributed by atoms with Crippen molar-refractivity contribution in [3.8, 4) is 0 Å². The highest BCUT2D eigenvalue weighted by Crippen LogP contribution is 2.00. The first-order valence-corrected chi connectivity index (χ1v) is 7.78. The molecule has 2 amide bonds. The van der Waals surface area contributed by atoms with Gasteiger partial charge in [-0.2, -0.15) is 0 Å². The number of hydrogen-bond acceptors (Lipinski definition) is 3. The van der Waals surface area contributed by atoms with Gasteiger partial charge in [0, 0.05) is 12.1 Å². The van der Waals surface area contributed by atoms with E-state index in [1.807, 2.05) is 6.92 Å². The first-order valence-electron chi connectivity index (χ1n) is 7.78. The molecule has 0 aromatic rings. The van der Waals surface area contributed by atoms with Gasteiger partial charge in [-0.1, -0.05) is 19.8 Å². The quantitative estimate of drug-likeness (QED) is 0.465. The lowest BCUT2D eigenvalue weighted by molar-refractivity contribution is -0.139. The van der Waals surface area contributed by atoms with Crippen molar-refractivity contribution in [2.45, 2.75) is 71.4 Å². The Morgan fingerprint density at radius 1 is 1.10 bits per heavy atom. The van der Waals surface area contributed by atoms with Crippen molar-refractivity contribution in [2.24, 2.45) is 0 Å². The number of rotatable bonds is 10. The van der Waals surface area contributed by atoms with Crippen LogP contribution in [0, 0.1) is 0 Å². The average molecular weight is 301 g/mol. The van der Waals surface area contributed by atoms with Gasteiger partial charge >= 0.3 is 12.0 Å². The third-order valence-corrected chi connectivity index (χ3v) is 2.98. The standard InChI is InChI=1S/C15H31N3O3/c1-5-9-12(13(19)20)18-14(21)16-10-7-6-8-11-17-15(2,3)4/h12,17H,5-11H2,1-4H3,(H,19,20)(H2,16,18,21)/t12-/m0/s1. The summed E-state index contributed by atoms with van der Waals surface area (Å²) in [5, 5.41) is 17.5. The third kappa shape index (κ3) is 12.2. The van der Waals surface area contributed by atoms with Crippen LogP contribution in [0.3, 0.4) is 0 Å². The minimum atomic E-state index is -0.986. The van der Waals surface area contributed by atoms with Crippen LogP contribution >= 0.6 is 0 Å². The van der Waals surface area contributed by atoms with Crippen molar-refractivity contribution in [1.82, 2.24) is 16.0 Å². The number of amides is 2. The molecule has 0 bridgehead atoms. The molecule has 4 N–H and O–H groups in total. The van der Waals surface area contributed by atoms with E-state index in [2.05, 4.69) is 36.7 Å². The topological polar surface area (TPSA) is 90.5 Å². The maximum absolute atomic E-state index is 11.6. The maximum atomic E-state index is 11.6. The second-order valence-corrected chi connectivity index (χ2v) is 6.32. The maximum Gasteiger partial charge on any atom is 0.326 e. The molecule has 6 nitrogen and oxygen atoms in total. The molecule has 21 heavy (non-hydrogen) atoms. The Labute approximate surface area is 128 Å². The van der Waals surface area contributed by atoms with Crippen LogP contribution in [0.4, 0.5) is 4.79 Å². The van der Waals surface area contributed by atoms with Crippen LogP contribution in [0.1, 0.15) is 59.8 Å². The lowest BCUT2D eigenvalue weighted by Gasteiger charge is -2.20. The van der Waals surface area contributed by atoms with Crippen molar-refractivity contribution in [3.63, 3.8) is 0 Å². The molecule has 1 atom stereocenters. The highest BCUT2D eigenvalue weighted by molar-refractivity contribution is 5.82. The molecule has 0 heterocycles. The monoisotopic (exact) mass is 301 g/mol. The summed E-state index contributed by atoms with van der Waals surface area (Å²) in [6.45, 7) is 9.82. The Morgan fingerprint density at radius 2 is 1.71 bits per heavy atom. The van der Waals surface area contributed by atoms with Crippen molar-refractivity contribution in [1.29, 1.82) is 0 Å². The molecule has 0 radical (unpaired) electrons. The summed E-state index contributed by atoms with van der Waals surface area (Å²) in [6, 6.07) is -1.20. The smallest absolute Gasteiger partial charge is 0.326 e. The largest absolute Gasteiger partial charge is 0.480 e. The molecule has 0 aliphatic heterocycles. The van der Waals surface area contributed by atoms with Crippen molar-refractivity contribution in [3.05, 3.63) is 0 Å². The van der Waals surface area contributed by atoms with E-state index in [0.29, 0.717) is 13.0 Å². The van der Waals surface area contributed by atoms with E-state index in [1.54, 1.807) is 0 Å². The number of hydrogen-bond donors (Lipinski definition) is 4. The van der Waals surface area contributed by atoms with Crippen LogP contribution in [0.15, 0.2) is 0 Å². The number of carbonyl (C=O) groups excluding carboxylic acids is 1. The van der Waals surface area contributed by atoms with Crippen molar-refractivity contribution < 1.29 is 14.7 Å². The molecule has 6 heteroatoms. The highest BCUT2D eigenvalue weighted by Gasteiger charge is 2.18. The van der Waals surface area contributed by atoms with Crippen LogP contribution in [0.25, 0.3) is 0 Å². The van der Waals surface area contributed by atoms with Gasteiger partial charge in [0.15, 0.2) is 0 Å². The fourth-order valence-corrected chi connectivity index (χ4v) is 1.85. The molecule has 0 spiro atoms. The normalized spacial score (nSPS) is 12.8. The predicted molar refractivity (Wildman–Crippen MR) is 84.5 cm³/mol. The van der Waals surface area contributed by atoms with Crippen LogP contribution in [0.2, 0.25) is 0 Å². The zero-order chi connectivity index (χ0) is 16.3. The lowest BCUT2D eigenvalue weighted by Crippen LogP contribution is -2.46. The van der Waals surface area contributed by atoms with E-state index in [1.165, 1.54) is 0 Å². The zero-order valence-corrected chi connectivity index (χ0v) is 13.8. The molecule has 0 rings (SSSR count). The van der Waals surface area contributed by atoms with Gasteiger partial charge in [0.25, 0.3) is 0 Å². The molecule has 0 aromatic heterocycles. The van der Waals surface area contributed by atoms with E-state index in [-0.39, 0.29) is 5.54 Å². The summed E-state index contributed by atoms with van der Waals surface area (Å²) < 4.78 is 0. The number of aliphatic carboxylic acids is 1. The van der Waals surface area contributed by atoms with E-state index in [0.717, 1.165) is 32.2 Å². The van der Waals surface area contributed by atoms with Gasteiger partial charge in [-0.25, -0.2) is 9.59 Å². The van der Waals surface area contributed by atoms with E-state index in [9.17, 15) is 9.59 Å². The van der Waals surface area contributed by atoms with Crippen LogP contribution in [-0.2, 0) is 4.79 Å². The minimum absolute atomic E-state index is 0.142. The number of urea groups is 1. The zero-order valence-electron chi connectivity index (χ0n) is 13.8. The van der Waals surface area contributed by atoms with Crippen LogP contribution < -0.4 is 16.0 Å². The molecule has 0 unspecified atom stereocenters. The summed E-state index contributed by atoms with van der Waals surface area (Å²) in [5.41, 5.74) is 0.142. The molecule has 0 aliphatic carbocycles. The van der Waals surface area contributed by atoms with Gasteiger partial charge in [-0.15, -0.1) is 0 Å². The van der Waals surface area contributed by atoms with Gasteiger partial charge in [-0.05, 0) is 46.6 Å². The number of carbonyl (C=O) groups is 2. The fraction of sp³-hybridized carbons (Fsp3) is 0.867. The molecule has 0 saturated heterocycles. The average Bonchev–Trinajstić information content (AvgIpc) is 2.35. The highest BCUT2D eigenvalue weighted by atomic mass is 16.4. The first kappa shape index (κ1) is 19.7. The van der Waals surface area contributed by atoms with Gasteiger partial charge < -0.3 is 21.1 Å². The van der Waals surface area contributed by atoms with Crippen LogP contribution in [0.5, 0.6) is 0 Å². The van der Waals surface area contributed by atoms with Crippen LogP contribution in [-0.4, -0.2) is 41.8 Å². The molecule has 0 saturated carbocycles. The Morgan fingerprint density at radius 3 is 2.24 bits per heavy atom. The lowest BCUT2D eigenvalue weighted by atomic mass is 10.1. The molecule has 124 valence electrons. The van der Waals surface area contributed by atoms with E-state index >= 15 is 0 Å². The van der Waals surface area contributed by atoms with Crippen molar-refractivity contribution >= 4 is 12.0 Å². The third-order valence-electron chi connectivity index (χ3n) is 2.98. The summed E-state index contributed by atoms with van der Waals surface area (Å²) in [7, 11) is 0. The Balaban J connectivity index is 3.64. The number of nitrogens with one attached hydrogen (secondary N) is 3. The van der Waals surface area contributed by atoms with Gasteiger partial charge in [0.05, 0.1) is 0 Å². The van der Waals surface area contributed by atoms with Crippen molar-refractivity contribution in [2.75, 3.05) is 13.1 Å². The van der Waals surface area contributed by atoms with Gasteiger partial charge in [-0.3, -0.25) is 0 Å². The molecule has 0 aromatic carbocycles. The Bertz CT molecular complexity index is 314. The SMILES string of the molecule is CCC[C@H](NC(=O)NCCCCCNC(C)(C)C)C(=O)O. The summed E-state index contributed by atoms with van der Waals surface area (Å²) in [6.07, 6.45) is 4.15. The first-order chi connectivity index (χ1) is 9.76.